The monoisotopic (exact) mass is 288 g/mol. The molecule has 0 saturated heterocycles. The molecule has 0 fully saturated rings. The van der Waals surface area contributed by atoms with Crippen LogP contribution in [-0.4, -0.2) is 18.1 Å². The Balaban J connectivity index is 2.12. The minimum Gasteiger partial charge on any atom is -0.457 e. The van der Waals surface area contributed by atoms with Crippen molar-refractivity contribution >= 4 is 23.3 Å². The lowest BCUT2D eigenvalue weighted by atomic mass is 10.3. The van der Waals surface area contributed by atoms with Crippen LogP contribution in [0.4, 0.5) is 0 Å². The van der Waals surface area contributed by atoms with Gasteiger partial charge in [0.2, 0.25) is 0 Å². The Morgan fingerprint density at radius 1 is 0.842 bits per heavy atom. The summed E-state index contributed by atoms with van der Waals surface area (Å²) in [5.41, 5.74) is 0. The summed E-state index contributed by atoms with van der Waals surface area (Å²) in [6.45, 7) is 6.67. The van der Waals surface area contributed by atoms with Gasteiger partial charge >= 0.3 is 0 Å². The predicted molar refractivity (Wildman–Crippen MR) is 85.6 cm³/mol. The first kappa shape index (κ1) is 14.1. The summed E-state index contributed by atoms with van der Waals surface area (Å²) in [7, 11) is -2.17. The molecule has 100 valence electrons. The lowest BCUT2D eigenvalue weighted by molar-refractivity contribution is 0.485. The molecule has 0 atom stereocenters. The van der Waals surface area contributed by atoms with E-state index < -0.39 is 18.1 Å². The van der Waals surface area contributed by atoms with Gasteiger partial charge in [-0.25, -0.2) is 0 Å². The normalized spacial score (nSPS) is 11.9. The molecule has 0 aliphatic carbocycles. The zero-order valence-electron chi connectivity index (χ0n) is 11.7. The van der Waals surface area contributed by atoms with Gasteiger partial charge in [-0.1, -0.05) is 36.4 Å². The van der Waals surface area contributed by atoms with E-state index in [1.165, 1.54) is 5.19 Å². The molecule has 2 rings (SSSR count). The van der Waals surface area contributed by atoms with Gasteiger partial charge in [0.1, 0.15) is 11.5 Å². The summed E-state index contributed by atoms with van der Waals surface area (Å²) in [6, 6.07) is 18.1. The Hall–Kier alpha value is -1.37. The Bertz CT molecular complexity index is 521. The van der Waals surface area contributed by atoms with E-state index in [1.807, 2.05) is 48.5 Å². The number of hydrogen-bond acceptors (Lipinski definition) is 2. The van der Waals surface area contributed by atoms with E-state index in [1.54, 1.807) is 0 Å². The molecule has 4 heteroatoms. The summed E-state index contributed by atoms with van der Waals surface area (Å²) in [6.07, 6.45) is 0. The molecule has 0 aromatic heterocycles. The Labute approximate surface area is 118 Å². The second-order valence-corrected chi connectivity index (χ2v) is 11.9. The fraction of sp³-hybridized carbons (Fsp3) is 0.200. The van der Waals surface area contributed by atoms with Crippen LogP contribution in [0.5, 0.6) is 11.5 Å². The maximum absolute atomic E-state index is 6.09. The van der Waals surface area contributed by atoms with Crippen molar-refractivity contribution in [2.24, 2.45) is 0 Å². The first-order valence-corrected chi connectivity index (χ1v) is 11.2. The summed E-state index contributed by atoms with van der Waals surface area (Å²) in [5.74, 6) is 1.80. The fourth-order valence-corrected chi connectivity index (χ4v) is 4.55. The van der Waals surface area contributed by atoms with Gasteiger partial charge < -0.3 is 8.85 Å². The Kier molecular flexibility index (Phi) is 4.58. The van der Waals surface area contributed by atoms with E-state index in [-0.39, 0.29) is 0 Å². The van der Waals surface area contributed by atoms with E-state index in [0.29, 0.717) is 0 Å². The molecular formula is C15H20O2Si2. The molecule has 2 aromatic carbocycles. The van der Waals surface area contributed by atoms with Crippen LogP contribution in [0.15, 0.2) is 54.6 Å². The van der Waals surface area contributed by atoms with Crippen LogP contribution >= 0.6 is 0 Å². The maximum atomic E-state index is 6.09. The zero-order valence-corrected chi connectivity index (χ0v) is 14.1. The minimum atomic E-state index is -1.45. The van der Waals surface area contributed by atoms with Crippen molar-refractivity contribution in [1.29, 1.82) is 0 Å². The SMILES string of the molecule is C[Si](C)(C)O[SiH2]c1ccccc1Oc1ccccc1. The van der Waals surface area contributed by atoms with Crippen molar-refractivity contribution in [2.45, 2.75) is 19.6 Å². The van der Waals surface area contributed by atoms with Gasteiger partial charge in [0.25, 0.3) is 0 Å². The van der Waals surface area contributed by atoms with Crippen LogP contribution in [0.3, 0.4) is 0 Å². The van der Waals surface area contributed by atoms with Gasteiger partial charge in [-0.05, 0) is 37.8 Å². The van der Waals surface area contributed by atoms with Crippen molar-refractivity contribution < 1.29 is 8.85 Å². The Morgan fingerprint density at radius 3 is 2.16 bits per heavy atom. The molecule has 0 amide bonds. The van der Waals surface area contributed by atoms with Crippen molar-refractivity contribution in [3.63, 3.8) is 0 Å². The third kappa shape index (κ3) is 4.66. The second kappa shape index (κ2) is 6.19. The van der Waals surface area contributed by atoms with E-state index in [0.717, 1.165) is 11.5 Å². The molecule has 2 aromatic rings. The molecule has 0 N–H and O–H groups in total. The largest absolute Gasteiger partial charge is 0.457 e. The highest BCUT2D eigenvalue weighted by Gasteiger charge is 2.15. The average Bonchev–Trinajstić information content (AvgIpc) is 2.38. The van der Waals surface area contributed by atoms with Crippen LogP contribution in [0, 0.1) is 0 Å². The quantitative estimate of drug-likeness (QED) is 0.787. The van der Waals surface area contributed by atoms with E-state index in [4.69, 9.17) is 8.85 Å². The van der Waals surface area contributed by atoms with Crippen LogP contribution in [0.25, 0.3) is 0 Å². The third-order valence-electron chi connectivity index (χ3n) is 2.60. The van der Waals surface area contributed by atoms with Gasteiger partial charge in [0, 0.05) is 5.19 Å². The molecule has 2 nitrogen and oxygen atoms in total. The number of para-hydroxylation sites is 2. The number of hydrogen-bond donors (Lipinski definition) is 0. The molecular weight excluding hydrogens is 268 g/mol. The third-order valence-corrected chi connectivity index (χ3v) is 7.54. The van der Waals surface area contributed by atoms with Gasteiger partial charge in [-0.3, -0.25) is 0 Å². The average molecular weight is 288 g/mol. The van der Waals surface area contributed by atoms with E-state index in [9.17, 15) is 0 Å². The molecule has 0 saturated carbocycles. The van der Waals surface area contributed by atoms with E-state index >= 15 is 0 Å². The fourth-order valence-electron chi connectivity index (χ4n) is 1.63. The van der Waals surface area contributed by atoms with E-state index in [2.05, 4.69) is 25.7 Å². The first-order valence-electron chi connectivity index (χ1n) is 6.49. The number of rotatable bonds is 5. The van der Waals surface area contributed by atoms with Crippen molar-refractivity contribution in [1.82, 2.24) is 0 Å². The highest BCUT2D eigenvalue weighted by molar-refractivity contribution is 6.76. The van der Waals surface area contributed by atoms with Crippen LogP contribution in [-0.2, 0) is 4.12 Å². The summed E-state index contributed by atoms with van der Waals surface area (Å²) >= 11 is 0. The molecule has 0 spiro atoms. The lowest BCUT2D eigenvalue weighted by Crippen LogP contribution is -2.33. The molecule has 0 bridgehead atoms. The van der Waals surface area contributed by atoms with Gasteiger partial charge in [0.15, 0.2) is 18.1 Å². The van der Waals surface area contributed by atoms with Crippen LogP contribution in [0.1, 0.15) is 0 Å². The lowest BCUT2D eigenvalue weighted by Gasteiger charge is -2.19. The van der Waals surface area contributed by atoms with Gasteiger partial charge in [0.05, 0.1) is 0 Å². The van der Waals surface area contributed by atoms with Gasteiger partial charge in [-0.2, -0.15) is 0 Å². The summed E-state index contributed by atoms with van der Waals surface area (Å²) in [5, 5.41) is 1.23. The van der Waals surface area contributed by atoms with Crippen LogP contribution < -0.4 is 9.92 Å². The van der Waals surface area contributed by atoms with Crippen molar-refractivity contribution in [3.8, 4) is 11.5 Å². The molecule has 0 heterocycles. The molecule has 0 aliphatic rings. The minimum absolute atomic E-state index is 0.724. The predicted octanol–water partition coefficient (Wildman–Crippen LogP) is 3.04. The highest BCUT2D eigenvalue weighted by Crippen LogP contribution is 2.18. The highest BCUT2D eigenvalue weighted by atomic mass is 28.4. The summed E-state index contributed by atoms with van der Waals surface area (Å²) < 4.78 is 12.0. The molecule has 19 heavy (non-hydrogen) atoms. The maximum Gasteiger partial charge on any atom is 0.182 e. The topological polar surface area (TPSA) is 18.5 Å². The Morgan fingerprint density at radius 2 is 1.47 bits per heavy atom. The first-order chi connectivity index (χ1) is 9.04. The summed E-state index contributed by atoms with van der Waals surface area (Å²) in [4.78, 5) is 0. The number of benzene rings is 2. The second-order valence-electron chi connectivity index (χ2n) is 5.42. The van der Waals surface area contributed by atoms with Gasteiger partial charge in [-0.15, -0.1) is 0 Å². The van der Waals surface area contributed by atoms with Crippen molar-refractivity contribution in [3.05, 3.63) is 54.6 Å². The van der Waals surface area contributed by atoms with Crippen LogP contribution in [0.2, 0.25) is 19.6 Å². The zero-order chi connectivity index (χ0) is 13.7. The smallest absolute Gasteiger partial charge is 0.182 e. The van der Waals surface area contributed by atoms with Crippen molar-refractivity contribution in [2.75, 3.05) is 0 Å². The molecule has 0 unspecified atom stereocenters. The number of ether oxygens (including phenoxy) is 1. The molecule has 0 radical (unpaired) electrons. The molecule has 0 aliphatic heterocycles. The standard InChI is InChI=1S/C15H20O2Si2/c1-19(2,3)17-18-15-12-8-7-11-14(15)16-13-9-5-4-6-10-13/h4-12H,18H2,1-3H3.